The summed E-state index contributed by atoms with van der Waals surface area (Å²) in [6.45, 7) is 1.49. The molecule has 1 unspecified atom stereocenters. The fourth-order valence-electron chi connectivity index (χ4n) is 1.81. The van der Waals surface area contributed by atoms with Crippen molar-refractivity contribution in [3.63, 3.8) is 0 Å². The second-order valence-corrected chi connectivity index (χ2v) is 4.22. The molecule has 0 aliphatic rings. The van der Waals surface area contributed by atoms with E-state index in [9.17, 15) is 13.2 Å². The van der Waals surface area contributed by atoms with Crippen LogP contribution in [0.15, 0.2) is 36.7 Å². The van der Waals surface area contributed by atoms with Crippen molar-refractivity contribution in [2.24, 2.45) is 5.73 Å². The van der Waals surface area contributed by atoms with Gasteiger partial charge in [-0.3, -0.25) is 4.98 Å². The number of benzene rings is 1. The van der Waals surface area contributed by atoms with Gasteiger partial charge in [-0.2, -0.15) is 0 Å². The second-order valence-electron chi connectivity index (χ2n) is 4.22. The topological polar surface area (TPSA) is 38.9 Å². The van der Waals surface area contributed by atoms with E-state index in [-0.39, 0.29) is 11.1 Å². The van der Waals surface area contributed by atoms with Crippen molar-refractivity contribution in [2.45, 2.75) is 12.5 Å². The Kier molecular flexibility index (Phi) is 3.09. The zero-order valence-electron chi connectivity index (χ0n) is 9.62. The van der Waals surface area contributed by atoms with Gasteiger partial charge in [-0.15, -0.1) is 0 Å². The monoisotopic (exact) mass is 252 g/mol. The maximum absolute atomic E-state index is 13.6. The van der Waals surface area contributed by atoms with Gasteiger partial charge in [-0.1, -0.05) is 0 Å². The number of nitrogens with two attached hydrogens (primary N) is 1. The van der Waals surface area contributed by atoms with Crippen LogP contribution in [0.4, 0.5) is 13.2 Å². The van der Waals surface area contributed by atoms with E-state index in [1.165, 1.54) is 19.2 Å². The van der Waals surface area contributed by atoms with Crippen LogP contribution < -0.4 is 5.73 Å². The van der Waals surface area contributed by atoms with Gasteiger partial charge in [-0.25, -0.2) is 13.2 Å². The van der Waals surface area contributed by atoms with E-state index in [4.69, 9.17) is 5.73 Å². The highest BCUT2D eigenvalue weighted by atomic mass is 19.1. The summed E-state index contributed by atoms with van der Waals surface area (Å²) in [4.78, 5) is 3.61. The molecule has 0 amide bonds. The number of hydrogen-bond acceptors (Lipinski definition) is 2. The van der Waals surface area contributed by atoms with Crippen LogP contribution >= 0.6 is 0 Å². The van der Waals surface area contributed by atoms with Crippen LogP contribution in [-0.2, 0) is 5.54 Å². The second kappa shape index (κ2) is 4.42. The van der Waals surface area contributed by atoms with Crippen LogP contribution in [-0.4, -0.2) is 4.98 Å². The highest BCUT2D eigenvalue weighted by molar-refractivity contribution is 5.37. The number of pyridine rings is 1. The fourth-order valence-corrected chi connectivity index (χ4v) is 1.81. The molecule has 2 aromatic rings. The summed E-state index contributed by atoms with van der Waals surface area (Å²) in [6, 6.07) is 4.30. The van der Waals surface area contributed by atoms with Crippen molar-refractivity contribution >= 4 is 0 Å². The Morgan fingerprint density at radius 3 is 2.28 bits per heavy atom. The highest BCUT2D eigenvalue weighted by Crippen LogP contribution is 2.29. The van der Waals surface area contributed by atoms with Gasteiger partial charge in [0.25, 0.3) is 0 Å². The molecule has 2 rings (SSSR count). The van der Waals surface area contributed by atoms with E-state index in [1.807, 2.05) is 0 Å². The van der Waals surface area contributed by atoms with Crippen LogP contribution in [0.2, 0.25) is 0 Å². The molecule has 94 valence electrons. The maximum atomic E-state index is 13.6. The molecule has 2 N–H and O–H groups in total. The van der Waals surface area contributed by atoms with E-state index in [2.05, 4.69) is 4.98 Å². The molecule has 0 saturated carbocycles. The lowest BCUT2D eigenvalue weighted by atomic mass is 9.86. The first kappa shape index (κ1) is 12.6. The lowest BCUT2D eigenvalue weighted by Crippen LogP contribution is -2.35. The van der Waals surface area contributed by atoms with E-state index >= 15 is 0 Å². The highest BCUT2D eigenvalue weighted by Gasteiger charge is 2.28. The molecule has 18 heavy (non-hydrogen) atoms. The van der Waals surface area contributed by atoms with Gasteiger partial charge >= 0.3 is 0 Å². The zero-order valence-corrected chi connectivity index (χ0v) is 9.62. The molecule has 0 radical (unpaired) electrons. The summed E-state index contributed by atoms with van der Waals surface area (Å²) in [5.74, 6) is -2.13. The first-order chi connectivity index (χ1) is 8.41. The molecule has 0 aliphatic carbocycles. The van der Waals surface area contributed by atoms with Gasteiger partial charge in [0.05, 0.1) is 11.7 Å². The van der Waals surface area contributed by atoms with E-state index < -0.39 is 23.0 Å². The average Bonchev–Trinajstić information content (AvgIpc) is 2.28. The predicted octanol–water partition coefficient (Wildman–Crippen LogP) is 2.72. The summed E-state index contributed by atoms with van der Waals surface area (Å²) in [7, 11) is 0. The minimum atomic E-state index is -1.34. The summed E-state index contributed by atoms with van der Waals surface area (Å²) in [6.07, 6.45) is 2.38. The van der Waals surface area contributed by atoms with Gasteiger partial charge in [0.15, 0.2) is 0 Å². The molecule has 0 spiro atoms. The Labute approximate surface area is 102 Å². The van der Waals surface area contributed by atoms with Crippen LogP contribution in [0.3, 0.4) is 0 Å². The Morgan fingerprint density at radius 2 is 1.72 bits per heavy atom. The van der Waals surface area contributed by atoms with Gasteiger partial charge in [0, 0.05) is 17.8 Å². The molecule has 0 fully saturated rings. The van der Waals surface area contributed by atoms with Crippen molar-refractivity contribution in [3.05, 3.63) is 65.2 Å². The Balaban J connectivity index is 2.57. The third-order valence-electron chi connectivity index (χ3n) is 2.79. The number of aromatic nitrogens is 1. The minimum Gasteiger partial charge on any atom is -0.318 e. The lowest BCUT2D eigenvalue weighted by Gasteiger charge is -2.26. The summed E-state index contributed by atoms with van der Waals surface area (Å²) < 4.78 is 40.0. The molecule has 0 bridgehead atoms. The summed E-state index contributed by atoms with van der Waals surface area (Å²) in [5.41, 5.74) is 4.94. The van der Waals surface area contributed by atoms with Gasteiger partial charge in [0.1, 0.15) is 17.5 Å². The number of halogens is 3. The fraction of sp³-hybridized carbons (Fsp3) is 0.154. The van der Waals surface area contributed by atoms with Crippen LogP contribution in [0.25, 0.3) is 0 Å². The molecule has 1 heterocycles. The first-order valence-electron chi connectivity index (χ1n) is 5.26. The van der Waals surface area contributed by atoms with Crippen molar-refractivity contribution in [3.8, 4) is 0 Å². The van der Waals surface area contributed by atoms with Crippen molar-refractivity contribution in [1.29, 1.82) is 0 Å². The summed E-state index contributed by atoms with van der Waals surface area (Å²) in [5, 5.41) is 0. The largest absolute Gasteiger partial charge is 0.318 e. The molecule has 1 aromatic carbocycles. The normalized spacial score (nSPS) is 14.3. The van der Waals surface area contributed by atoms with Crippen molar-refractivity contribution in [2.75, 3.05) is 0 Å². The quantitative estimate of drug-likeness (QED) is 0.892. The first-order valence-corrected chi connectivity index (χ1v) is 5.26. The molecular weight excluding hydrogens is 241 g/mol. The smallest absolute Gasteiger partial charge is 0.146 e. The third-order valence-corrected chi connectivity index (χ3v) is 2.79. The number of rotatable bonds is 2. The third kappa shape index (κ3) is 2.22. The Bertz CT molecular complexity index is 562. The van der Waals surface area contributed by atoms with Crippen molar-refractivity contribution in [1.82, 2.24) is 4.98 Å². The minimum absolute atomic E-state index is 0.127. The van der Waals surface area contributed by atoms with Gasteiger partial charge < -0.3 is 5.73 Å². The average molecular weight is 252 g/mol. The molecule has 2 nitrogen and oxygen atoms in total. The van der Waals surface area contributed by atoms with Gasteiger partial charge in [0.2, 0.25) is 0 Å². The predicted molar refractivity (Wildman–Crippen MR) is 61.2 cm³/mol. The van der Waals surface area contributed by atoms with Crippen LogP contribution in [0, 0.1) is 17.5 Å². The number of nitrogens with zero attached hydrogens (tertiary/aromatic N) is 1. The summed E-state index contributed by atoms with van der Waals surface area (Å²) >= 11 is 0. The molecule has 0 saturated heterocycles. The molecule has 5 heteroatoms. The van der Waals surface area contributed by atoms with E-state index in [1.54, 1.807) is 0 Å². The number of hydrogen-bond donors (Lipinski definition) is 1. The van der Waals surface area contributed by atoms with Crippen LogP contribution in [0.5, 0.6) is 0 Å². The van der Waals surface area contributed by atoms with Crippen LogP contribution in [0.1, 0.15) is 18.1 Å². The molecule has 1 atom stereocenters. The van der Waals surface area contributed by atoms with E-state index in [0.717, 1.165) is 24.4 Å². The molecular formula is C13H11F3N2. The Hall–Kier alpha value is -1.88. The zero-order chi connectivity index (χ0) is 13.3. The van der Waals surface area contributed by atoms with Gasteiger partial charge in [-0.05, 0) is 30.7 Å². The maximum Gasteiger partial charge on any atom is 0.146 e. The van der Waals surface area contributed by atoms with E-state index in [0.29, 0.717) is 0 Å². The SMILES string of the molecule is CC(N)(c1cc(F)cc(F)c1)c1ccncc1F. The molecule has 0 aliphatic heterocycles. The standard InChI is InChI=1S/C13H11F3N2/c1-13(17,11-2-3-18-7-12(11)16)8-4-9(14)6-10(15)5-8/h2-7H,17H2,1H3. The van der Waals surface area contributed by atoms with Crippen molar-refractivity contribution < 1.29 is 13.2 Å². The Morgan fingerprint density at radius 1 is 1.11 bits per heavy atom. The lowest BCUT2D eigenvalue weighted by molar-refractivity contribution is 0.513. The molecule has 1 aromatic heterocycles.